The molecule has 0 unspecified atom stereocenters. The van der Waals surface area contributed by atoms with E-state index in [4.69, 9.17) is 0 Å². The van der Waals surface area contributed by atoms with Gasteiger partial charge < -0.3 is 9.13 Å². The van der Waals surface area contributed by atoms with E-state index in [1.807, 2.05) is 0 Å². The Kier molecular flexibility index (Phi) is 9.32. The first-order chi connectivity index (χ1) is 36.2. The topological polar surface area (TPSA) is 9.86 Å². The van der Waals surface area contributed by atoms with E-state index >= 15 is 0 Å². The number of hydrogen-bond donors (Lipinski definition) is 0. The molecule has 73 heavy (non-hydrogen) atoms. The average Bonchev–Trinajstić information content (AvgIpc) is 3.99. The summed E-state index contributed by atoms with van der Waals surface area (Å²) in [5, 5.41) is 18.2. The van der Waals surface area contributed by atoms with Gasteiger partial charge in [-0.1, -0.05) is 224 Å². The number of hydrogen-bond acceptors (Lipinski definition) is 0. The van der Waals surface area contributed by atoms with E-state index < -0.39 is 8.07 Å². The average molecular weight is 943 g/mol. The minimum atomic E-state index is -2.80. The smallest absolute Gasteiger partial charge is 0.179 e. The predicted molar refractivity (Wildman–Crippen MR) is 313 cm³/mol. The van der Waals surface area contributed by atoms with Crippen molar-refractivity contribution in [2.45, 2.75) is 0 Å². The maximum Gasteiger partial charge on any atom is 0.179 e. The van der Waals surface area contributed by atoms with Crippen molar-refractivity contribution in [3.05, 3.63) is 279 Å². The quantitative estimate of drug-likeness (QED) is 0.0816. The van der Waals surface area contributed by atoms with Gasteiger partial charge in [0.25, 0.3) is 0 Å². The molecule has 0 saturated heterocycles. The van der Waals surface area contributed by atoms with Crippen LogP contribution >= 0.6 is 0 Å². The largest absolute Gasteiger partial charge is 0.309 e. The summed E-state index contributed by atoms with van der Waals surface area (Å²) < 4.78 is 4.81. The molecule has 340 valence electrons. The zero-order valence-corrected chi connectivity index (χ0v) is 41.0. The summed E-state index contributed by atoms with van der Waals surface area (Å²) >= 11 is 0. The first kappa shape index (κ1) is 41.5. The fraction of sp³-hybridized carbons (Fsp3) is 0. The van der Waals surface area contributed by atoms with E-state index in [0.717, 1.165) is 11.4 Å². The summed E-state index contributed by atoms with van der Waals surface area (Å²) in [6, 6.07) is 104. The molecule has 0 saturated carbocycles. The first-order valence-electron chi connectivity index (χ1n) is 25.3. The monoisotopic (exact) mass is 942 g/mol. The molecule has 0 fully saturated rings. The lowest BCUT2D eigenvalue weighted by atomic mass is 9.85. The highest BCUT2D eigenvalue weighted by atomic mass is 28.3. The third kappa shape index (κ3) is 6.23. The van der Waals surface area contributed by atoms with Crippen molar-refractivity contribution < 1.29 is 0 Å². The molecule has 3 heteroatoms. The number of benzene rings is 13. The Bertz CT molecular complexity index is 4140. The first-order valence-corrected chi connectivity index (χ1v) is 27.3. The molecule has 0 spiro atoms. The summed E-state index contributed by atoms with van der Waals surface area (Å²) in [7, 11) is -2.80. The Hall–Kier alpha value is -9.28. The molecule has 13 aromatic carbocycles. The van der Waals surface area contributed by atoms with Crippen molar-refractivity contribution in [2.75, 3.05) is 0 Å². The third-order valence-corrected chi connectivity index (χ3v) is 20.6. The summed E-state index contributed by atoms with van der Waals surface area (Å²) in [4.78, 5) is 0. The van der Waals surface area contributed by atoms with Crippen molar-refractivity contribution >= 4 is 105 Å². The lowest BCUT2D eigenvalue weighted by Crippen LogP contribution is -2.74. The van der Waals surface area contributed by atoms with E-state index in [9.17, 15) is 0 Å². The second-order valence-corrected chi connectivity index (χ2v) is 23.4. The molecular weight excluding hydrogens is 897 g/mol. The van der Waals surface area contributed by atoms with Gasteiger partial charge in [0.15, 0.2) is 8.07 Å². The molecule has 0 aliphatic rings. The molecule has 0 bridgehead atoms. The lowest BCUT2D eigenvalue weighted by molar-refractivity contribution is 1.18. The molecule has 0 radical (unpaired) electrons. The van der Waals surface area contributed by atoms with Crippen LogP contribution in [-0.4, -0.2) is 17.2 Å². The summed E-state index contributed by atoms with van der Waals surface area (Å²) in [5.74, 6) is 0. The summed E-state index contributed by atoms with van der Waals surface area (Å²) in [6.07, 6.45) is 0. The van der Waals surface area contributed by atoms with Gasteiger partial charge in [-0.3, -0.25) is 0 Å². The number of fused-ring (bicyclic) bond motifs is 6. The highest BCUT2D eigenvalue weighted by Crippen LogP contribution is 2.45. The van der Waals surface area contributed by atoms with Crippen LogP contribution in [0.15, 0.2) is 279 Å². The zero-order chi connectivity index (χ0) is 48.0. The van der Waals surface area contributed by atoms with Gasteiger partial charge in [0.05, 0.1) is 22.1 Å². The van der Waals surface area contributed by atoms with Crippen LogP contribution in [0.4, 0.5) is 0 Å². The van der Waals surface area contributed by atoms with Crippen molar-refractivity contribution in [3.63, 3.8) is 0 Å². The highest BCUT2D eigenvalue weighted by molar-refractivity contribution is 7.20. The maximum atomic E-state index is 2.54. The van der Waals surface area contributed by atoms with E-state index in [2.05, 4.69) is 288 Å². The van der Waals surface area contributed by atoms with Gasteiger partial charge >= 0.3 is 0 Å². The second-order valence-electron chi connectivity index (χ2n) is 19.6. The minimum absolute atomic E-state index is 1.15. The molecule has 2 nitrogen and oxygen atoms in total. The van der Waals surface area contributed by atoms with E-state index in [1.54, 1.807) is 0 Å². The molecule has 2 aromatic heterocycles. The van der Waals surface area contributed by atoms with Crippen molar-refractivity contribution in [1.82, 2.24) is 9.13 Å². The lowest BCUT2D eigenvalue weighted by Gasteiger charge is -2.35. The molecule has 0 aliphatic heterocycles. The predicted octanol–water partition coefficient (Wildman–Crippen LogP) is 15.5. The van der Waals surface area contributed by atoms with Gasteiger partial charge in [0.1, 0.15) is 0 Å². The Morgan fingerprint density at radius 2 is 0.562 bits per heavy atom. The SMILES string of the molecule is c1ccc([Si](c2ccccc2)(c2ccccc2)c2cc3ccc4c(-c5ccc(-n6c7ccccc7c7ccccc76)cc5)cc(-c5ccc(-n6c7ccccc7c7ccccc76)cc5)c5ccc(c2)c3c45)cc1. The molecule has 2 heterocycles. The van der Waals surface area contributed by atoms with E-state index in [-0.39, 0.29) is 0 Å². The molecule has 0 N–H and O–H groups in total. The zero-order valence-electron chi connectivity index (χ0n) is 40.0. The van der Waals surface area contributed by atoms with E-state index in [0.29, 0.717) is 0 Å². The fourth-order valence-electron chi connectivity index (χ4n) is 12.7. The number of nitrogens with zero attached hydrogens (tertiary/aromatic N) is 2. The Morgan fingerprint density at radius 1 is 0.233 bits per heavy atom. The van der Waals surface area contributed by atoms with Crippen LogP contribution in [0.1, 0.15) is 0 Å². The Morgan fingerprint density at radius 3 is 0.918 bits per heavy atom. The van der Waals surface area contributed by atoms with Crippen LogP contribution < -0.4 is 20.7 Å². The fourth-order valence-corrected chi connectivity index (χ4v) is 17.5. The summed E-state index contributed by atoms with van der Waals surface area (Å²) in [5.41, 5.74) is 12.0. The van der Waals surface area contributed by atoms with Crippen LogP contribution in [0.3, 0.4) is 0 Å². The summed E-state index contributed by atoms with van der Waals surface area (Å²) in [6.45, 7) is 0. The van der Waals surface area contributed by atoms with Gasteiger partial charge in [-0.15, -0.1) is 0 Å². The Labute approximate surface area is 424 Å². The van der Waals surface area contributed by atoms with Crippen LogP contribution in [0.2, 0.25) is 0 Å². The minimum Gasteiger partial charge on any atom is -0.309 e. The van der Waals surface area contributed by atoms with Crippen LogP contribution in [0.25, 0.3) is 110 Å². The van der Waals surface area contributed by atoms with E-state index in [1.165, 1.54) is 119 Å². The normalized spacial score (nSPS) is 12.1. The van der Waals surface area contributed by atoms with Crippen molar-refractivity contribution in [2.24, 2.45) is 0 Å². The maximum absolute atomic E-state index is 2.80. The van der Waals surface area contributed by atoms with Crippen molar-refractivity contribution in [1.29, 1.82) is 0 Å². The van der Waals surface area contributed by atoms with Gasteiger partial charge in [-0.05, 0) is 130 Å². The van der Waals surface area contributed by atoms with Crippen LogP contribution in [0, 0.1) is 0 Å². The van der Waals surface area contributed by atoms with Gasteiger partial charge in [0.2, 0.25) is 0 Å². The van der Waals surface area contributed by atoms with Gasteiger partial charge in [-0.2, -0.15) is 0 Å². The van der Waals surface area contributed by atoms with Crippen LogP contribution in [0.5, 0.6) is 0 Å². The molecule has 0 aliphatic carbocycles. The molecule has 15 aromatic rings. The van der Waals surface area contributed by atoms with Gasteiger partial charge in [0, 0.05) is 32.9 Å². The second kappa shape index (κ2) is 16.4. The van der Waals surface area contributed by atoms with Gasteiger partial charge in [-0.25, -0.2) is 0 Å². The molecular formula is C70H46N2Si. The standard InChI is InChI=1S/C70H46N2Si/c1-4-18-53(19-5-1)73(54-20-6-2-7-21-54,55-22-8-3-9-23-55)56-44-49-36-42-61-63(47-32-38-51(39-33-47)71-65-28-14-10-24-57(65)58-25-11-15-29-66(58)71)46-64(62-43-37-50(45-56)69(49)70(61)62)48-34-40-52(41-35-48)72-67-30-16-12-26-59(67)60-27-13-17-31-68(60)72/h1-46H. The van der Waals surface area contributed by atoms with Crippen LogP contribution in [-0.2, 0) is 0 Å². The highest BCUT2D eigenvalue weighted by Gasteiger charge is 2.41. The third-order valence-electron chi connectivity index (χ3n) is 15.8. The molecule has 15 rings (SSSR count). The molecule has 0 atom stereocenters. The number of aromatic nitrogens is 2. The Balaban J connectivity index is 0.964. The number of para-hydroxylation sites is 4. The number of rotatable bonds is 8. The molecule has 0 amide bonds. The van der Waals surface area contributed by atoms with Crippen molar-refractivity contribution in [3.8, 4) is 33.6 Å².